The fraction of sp³-hybridized carbons (Fsp3) is 0.688. The van der Waals surface area contributed by atoms with E-state index in [1.165, 1.54) is 62.3 Å². The Morgan fingerprint density at radius 3 is 0.887 bits per heavy atom. The lowest BCUT2D eigenvalue weighted by Gasteiger charge is -2.23. The minimum Gasteiger partial charge on any atom is -0.480 e. The fourth-order valence-electron chi connectivity index (χ4n) is 4.21. The first kappa shape index (κ1) is 47.7. The summed E-state index contributed by atoms with van der Waals surface area (Å²) >= 11 is 0. The van der Waals surface area contributed by atoms with Crippen molar-refractivity contribution in [2.45, 2.75) is 136 Å². The van der Waals surface area contributed by atoms with Crippen molar-refractivity contribution >= 4 is 59.1 Å². The molecule has 0 saturated heterocycles. The first-order valence-corrected chi connectivity index (χ1v) is 17.1. The second-order valence-corrected chi connectivity index (χ2v) is 12.7. The molecule has 0 heterocycles. The van der Waals surface area contributed by atoms with E-state index >= 15 is 0 Å². The molecule has 300 valence electrons. The van der Waals surface area contributed by atoms with E-state index in [4.69, 9.17) is 10.8 Å². The summed E-state index contributed by atoms with van der Waals surface area (Å²) in [6.07, 6.45) is 1.53. The summed E-state index contributed by atoms with van der Waals surface area (Å²) in [5, 5.41) is 30.5. The van der Waals surface area contributed by atoms with Crippen LogP contribution < -0.4 is 53.6 Å². The maximum atomic E-state index is 12.7. The third-order valence-electron chi connectivity index (χ3n) is 7.63. The van der Waals surface area contributed by atoms with Gasteiger partial charge < -0.3 is 58.7 Å². The number of nitrogens with two attached hydrogens (primary N) is 1. The maximum absolute atomic E-state index is 12.7. The van der Waals surface area contributed by atoms with Gasteiger partial charge in [-0.1, -0.05) is 0 Å². The molecule has 0 aromatic carbocycles. The van der Waals surface area contributed by atoms with Crippen molar-refractivity contribution in [3.05, 3.63) is 0 Å². The van der Waals surface area contributed by atoms with Crippen LogP contribution in [-0.2, 0) is 47.9 Å². The zero-order chi connectivity index (χ0) is 41.2. The average Bonchev–Trinajstić information content (AvgIpc) is 3.06. The highest BCUT2D eigenvalue weighted by Crippen LogP contribution is 2.02. The quantitative estimate of drug-likeness (QED) is 0.0468. The molecule has 0 aliphatic carbocycles. The van der Waals surface area contributed by atoms with Crippen LogP contribution >= 0.6 is 0 Å². The first-order valence-electron chi connectivity index (χ1n) is 17.1. The molecule has 0 unspecified atom stereocenters. The summed E-state index contributed by atoms with van der Waals surface area (Å²) in [4.78, 5) is 123. The normalized spacial score (nSPS) is 15.8. The number of hydrogen-bond donors (Lipinski definition) is 11. The third kappa shape index (κ3) is 18.1. The number of hydrogen-bond acceptors (Lipinski definition) is 11. The number of carbonyl (C=O) groups excluding carboxylic acids is 9. The number of nitrogens with one attached hydrogen (secondary N) is 9. The van der Waals surface area contributed by atoms with Gasteiger partial charge in [0.25, 0.3) is 0 Å². The number of carbonyl (C=O) groups is 10. The van der Waals surface area contributed by atoms with E-state index in [1.807, 2.05) is 0 Å². The molecule has 21 nitrogen and oxygen atoms in total. The van der Waals surface area contributed by atoms with Gasteiger partial charge in [0.1, 0.15) is 54.4 Å². The number of unbranched alkanes of at least 4 members (excludes halogenated alkanes) is 1. The van der Waals surface area contributed by atoms with Gasteiger partial charge in [0.05, 0.1) is 0 Å². The van der Waals surface area contributed by atoms with Crippen LogP contribution in [0.2, 0.25) is 0 Å². The van der Waals surface area contributed by atoms with Crippen LogP contribution in [0.25, 0.3) is 0 Å². The van der Waals surface area contributed by atoms with Gasteiger partial charge >= 0.3 is 5.97 Å². The number of amides is 9. The van der Waals surface area contributed by atoms with Crippen molar-refractivity contribution < 1.29 is 53.1 Å². The average molecular weight is 757 g/mol. The summed E-state index contributed by atoms with van der Waals surface area (Å²) in [7, 11) is 0. The van der Waals surface area contributed by atoms with Crippen molar-refractivity contribution in [3.63, 3.8) is 0 Å². The summed E-state index contributed by atoms with van der Waals surface area (Å²) in [5.41, 5.74) is 5.48. The van der Waals surface area contributed by atoms with Gasteiger partial charge in [0, 0.05) is 6.92 Å². The summed E-state index contributed by atoms with van der Waals surface area (Å²) < 4.78 is 0. The minimum absolute atomic E-state index is 0.312. The molecule has 0 bridgehead atoms. The van der Waals surface area contributed by atoms with E-state index < -0.39 is 114 Å². The van der Waals surface area contributed by atoms with Gasteiger partial charge in [0.2, 0.25) is 53.2 Å². The zero-order valence-electron chi connectivity index (χ0n) is 31.6. The molecule has 0 aliphatic heterocycles. The van der Waals surface area contributed by atoms with Crippen LogP contribution in [-0.4, -0.2) is 125 Å². The smallest absolute Gasteiger partial charge is 0.325 e. The molecule has 9 amide bonds. The zero-order valence-corrected chi connectivity index (χ0v) is 31.6. The number of aliphatic carboxylic acids is 1. The van der Waals surface area contributed by atoms with Crippen molar-refractivity contribution in [3.8, 4) is 0 Å². The Morgan fingerprint density at radius 2 is 0.660 bits per heavy atom. The predicted octanol–water partition coefficient (Wildman–Crippen LogP) is -4.26. The van der Waals surface area contributed by atoms with Crippen molar-refractivity contribution in [1.82, 2.24) is 47.9 Å². The molecule has 0 saturated carbocycles. The molecule has 0 aromatic rings. The molecule has 12 N–H and O–H groups in total. The molecule has 0 rings (SSSR count). The van der Waals surface area contributed by atoms with Crippen molar-refractivity contribution in [2.75, 3.05) is 6.54 Å². The Morgan fingerprint density at radius 1 is 0.415 bits per heavy atom. The lowest BCUT2D eigenvalue weighted by molar-refractivity contribution is -0.141. The predicted molar refractivity (Wildman–Crippen MR) is 189 cm³/mol. The lowest BCUT2D eigenvalue weighted by Crippen LogP contribution is -2.58. The van der Waals surface area contributed by atoms with Crippen LogP contribution in [0.3, 0.4) is 0 Å². The highest BCUT2D eigenvalue weighted by molar-refractivity contribution is 5.97. The molecular weight excluding hydrogens is 700 g/mol. The van der Waals surface area contributed by atoms with Crippen molar-refractivity contribution in [2.24, 2.45) is 5.73 Å². The Bertz CT molecular complexity index is 1360. The van der Waals surface area contributed by atoms with Gasteiger partial charge in [0.15, 0.2) is 0 Å². The van der Waals surface area contributed by atoms with Crippen LogP contribution in [0.1, 0.15) is 81.6 Å². The molecular formula is C32H56N10O11. The lowest BCUT2D eigenvalue weighted by atomic mass is 10.1. The minimum atomic E-state index is -1.27. The Labute approximate surface area is 308 Å². The molecule has 53 heavy (non-hydrogen) atoms. The molecule has 0 fully saturated rings. The molecule has 0 spiro atoms. The molecule has 0 radical (unpaired) electrons. The van der Waals surface area contributed by atoms with Gasteiger partial charge in [-0.2, -0.15) is 0 Å². The van der Waals surface area contributed by atoms with Crippen LogP contribution in [0.5, 0.6) is 0 Å². The largest absolute Gasteiger partial charge is 0.480 e. The monoisotopic (exact) mass is 756 g/mol. The van der Waals surface area contributed by atoms with E-state index in [0.29, 0.717) is 25.8 Å². The second kappa shape index (κ2) is 23.3. The highest BCUT2D eigenvalue weighted by atomic mass is 16.4. The summed E-state index contributed by atoms with van der Waals surface area (Å²) in [6.45, 7) is 12.3. The number of rotatable bonds is 22. The SMILES string of the molecule is CC(=O)N[C@@H](CCCCN)C(=O)N[C@@H](C)C(=O)N[C@@H](C)C(=O)N[C@@H](C)C(=O)N[C@@H](C)C(=O)N[C@@H](C)C(=O)N[C@@H](C)C(=O)N[C@@H](C)C(=O)N[C@@H](C)C(=O)O. The van der Waals surface area contributed by atoms with Gasteiger partial charge in [-0.25, -0.2) is 0 Å². The first-order chi connectivity index (χ1) is 24.5. The van der Waals surface area contributed by atoms with Gasteiger partial charge in [-0.15, -0.1) is 0 Å². The maximum Gasteiger partial charge on any atom is 0.325 e. The van der Waals surface area contributed by atoms with Crippen LogP contribution in [0.4, 0.5) is 0 Å². The van der Waals surface area contributed by atoms with Crippen molar-refractivity contribution in [1.29, 1.82) is 0 Å². The number of carboxylic acids is 1. The second-order valence-electron chi connectivity index (χ2n) is 12.7. The fourth-order valence-corrected chi connectivity index (χ4v) is 4.21. The Hall–Kier alpha value is -5.34. The standard InChI is InChI=1S/C32H56N10O11/c1-14(24(44)35-15(2)26(46)37-17(4)28(48)39-19(6)30(50)41-21(8)32(52)53)34-25(45)16(3)36-27(47)18(5)38-29(49)20(7)40-31(51)23(42-22(9)43)12-10-11-13-33/h14-21,23H,10-13,33H2,1-9H3,(H,34,45)(H,35,44)(H,36,47)(H,37,46)(H,38,49)(H,39,48)(H,40,51)(H,41,50)(H,42,43)(H,52,53)/t14-,15-,16-,17-,18-,19-,20-,21-,23-/m0/s1. The Kier molecular flexibility index (Phi) is 20.9. The third-order valence-corrected chi connectivity index (χ3v) is 7.63. The molecule has 0 aromatic heterocycles. The molecule has 21 heteroatoms. The highest BCUT2D eigenvalue weighted by Gasteiger charge is 2.29. The molecule has 9 atom stereocenters. The topological polar surface area (TPSA) is 325 Å². The summed E-state index contributed by atoms with van der Waals surface area (Å²) in [6, 6.07) is -10.1. The van der Waals surface area contributed by atoms with Gasteiger partial charge in [-0.05, 0) is 81.2 Å². The van der Waals surface area contributed by atoms with E-state index in [9.17, 15) is 47.9 Å². The Balaban J connectivity index is 4.91. The van der Waals surface area contributed by atoms with Crippen LogP contribution in [0, 0.1) is 0 Å². The van der Waals surface area contributed by atoms with E-state index in [1.54, 1.807) is 0 Å². The summed E-state index contributed by atoms with van der Waals surface area (Å²) in [5.74, 6) is -7.54. The van der Waals surface area contributed by atoms with E-state index in [-0.39, 0.29) is 0 Å². The van der Waals surface area contributed by atoms with E-state index in [2.05, 4.69) is 47.9 Å². The molecule has 0 aliphatic rings. The van der Waals surface area contributed by atoms with E-state index in [0.717, 1.165) is 0 Å². The van der Waals surface area contributed by atoms with Crippen LogP contribution in [0.15, 0.2) is 0 Å². The number of carboxylic acid groups (broad SMARTS) is 1. The van der Waals surface area contributed by atoms with Gasteiger partial charge in [-0.3, -0.25) is 47.9 Å².